The SMILES string of the molecule is COC(=O)[C@H](Cc1c(F)c(F)c(F)c(F)c1F)N=C=O. The molecule has 0 aromatic heterocycles. The molecule has 0 aliphatic rings. The molecule has 108 valence electrons. The van der Waals surface area contributed by atoms with E-state index in [1.165, 1.54) is 0 Å². The van der Waals surface area contributed by atoms with Gasteiger partial charge in [0, 0.05) is 12.0 Å². The lowest BCUT2D eigenvalue weighted by atomic mass is 10.0. The number of esters is 1. The number of hydrogen-bond donors (Lipinski definition) is 0. The Kier molecular flexibility index (Phi) is 4.93. The van der Waals surface area contributed by atoms with Crippen LogP contribution in [0, 0.1) is 29.1 Å². The average molecular weight is 295 g/mol. The number of isocyanates is 1. The van der Waals surface area contributed by atoms with Crippen LogP contribution in [0.15, 0.2) is 4.99 Å². The van der Waals surface area contributed by atoms with Crippen LogP contribution < -0.4 is 0 Å². The van der Waals surface area contributed by atoms with E-state index in [1.54, 1.807) is 0 Å². The number of ether oxygens (including phenoxy) is 1. The van der Waals surface area contributed by atoms with Crippen LogP contribution in [0.2, 0.25) is 0 Å². The summed E-state index contributed by atoms with van der Waals surface area (Å²) in [4.78, 5) is 24.2. The molecule has 0 amide bonds. The highest BCUT2D eigenvalue weighted by atomic mass is 19.2. The molecule has 1 rings (SSSR count). The third-order valence-electron chi connectivity index (χ3n) is 2.38. The third kappa shape index (κ3) is 2.83. The molecular formula is C11H6F5NO3. The molecule has 0 bridgehead atoms. The Bertz CT molecular complexity index is 569. The second-order valence-corrected chi connectivity index (χ2v) is 3.51. The lowest BCUT2D eigenvalue weighted by molar-refractivity contribution is -0.142. The van der Waals surface area contributed by atoms with Gasteiger partial charge in [0.2, 0.25) is 11.9 Å². The van der Waals surface area contributed by atoms with Crippen molar-refractivity contribution in [1.29, 1.82) is 0 Å². The second kappa shape index (κ2) is 6.25. The van der Waals surface area contributed by atoms with Gasteiger partial charge in [-0.05, 0) is 0 Å². The third-order valence-corrected chi connectivity index (χ3v) is 2.38. The maximum atomic E-state index is 13.4. The van der Waals surface area contributed by atoms with Crippen LogP contribution in [0.25, 0.3) is 0 Å². The number of methoxy groups -OCH3 is 1. The van der Waals surface area contributed by atoms with Gasteiger partial charge in [-0.25, -0.2) is 31.5 Å². The zero-order valence-corrected chi connectivity index (χ0v) is 9.85. The Morgan fingerprint density at radius 2 is 1.55 bits per heavy atom. The minimum Gasteiger partial charge on any atom is -0.467 e. The molecule has 0 saturated heterocycles. The standard InChI is InChI=1S/C11H6F5NO3/c1-20-11(19)5(17-3-18)2-4-6(12)8(14)10(16)9(15)7(4)13/h5H,2H2,1H3/t5-/m0/s1. The fourth-order valence-corrected chi connectivity index (χ4v) is 1.40. The highest BCUT2D eigenvalue weighted by Crippen LogP contribution is 2.24. The van der Waals surface area contributed by atoms with E-state index in [1.807, 2.05) is 0 Å². The molecule has 0 N–H and O–H groups in total. The first-order valence-corrected chi connectivity index (χ1v) is 5.00. The molecule has 0 heterocycles. The van der Waals surface area contributed by atoms with Crippen LogP contribution >= 0.6 is 0 Å². The van der Waals surface area contributed by atoms with E-state index in [0.717, 1.165) is 13.2 Å². The largest absolute Gasteiger partial charge is 0.467 e. The molecular weight excluding hydrogens is 289 g/mol. The molecule has 1 aromatic rings. The van der Waals surface area contributed by atoms with Gasteiger partial charge in [0.25, 0.3) is 0 Å². The van der Waals surface area contributed by atoms with Gasteiger partial charge in [0.1, 0.15) is 0 Å². The van der Waals surface area contributed by atoms with Crippen molar-refractivity contribution in [1.82, 2.24) is 0 Å². The molecule has 0 saturated carbocycles. The Balaban J connectivity index is 3.33. The molecule has 4 nitrogen and oxygen atoms in total. The predicted octanol–water partition coefficient (Wildman–Crippen LogP) is 1.80. The van der Waals surface area contributed by atoms with Crippen LogP contribution in [0.5, 0.6) is 0 Å². The molecule has 1 aromatic carbocycles. The molecule has 0 unspecified atom stereocenters. The minimum atomic E-state index is -2.32. The van der Waals surface area contributed by atoms with Crippen molar-refractivity contribution in [2.75, 3.05) is 7.11 Å². The molecule has 0 aliphatic heterocycles. The molecule has 0 spiro atoms. The molecule has 1 atom stereocenters. The van der Waals surface area contributed by atoms with Gasteiger partial charge in [-0.15, -0.1) is 0 Å². The van der Waals surface area contributed by atoms with Crippen LogP contribution in [0.4, 0.5) is 22.0 Å². The van der Waals surface area contributed by atoms with E-state index in [4.69, 9.17) is 0 Å². The second-order valence-electron chi connectivity index (χ2n) is 3.51. The summed E-state index contributed by atoms with van der Waals surface area (Å²) in [6.07, 6.45) is -0.0835. The van der Waals surface area contributed by atoms with Crippen LogP contribution in [0.3, 0.4) is 0 Å². The monoisotopic (exact) mass is 295 g/mol. The van der Waals surface area contributed by atoms with Crippen molar-refractivity contribution in [3.63, 3.8) is 0 Å². The summed E-state index contributed by atoms with van der Waals surface area (Å²) < 4.78 is 69.6. The summed E-state index contributed by atoms with van der Waals surface area (Å²) >= 11 is 0. The summed E-state index contributed by atoms with van der Waals surface area (Å²) in [5.41, 5.74) is -1.27. The van der Waals surface area contributed by atoms with Crippen molar-refractivity contribution >= 4 is 12.0 Å². The van der Waals surface area contributed by atoms with E-state index in [-0.39, 0.29) is 0 Å². The summed E-state index contributed by atoms with van der Waals surface area (Å²) in [5, 5.41) is 0. The van der Waals surface area contributed by atoms with E-state index >= 15 is 0 Å². The van der Waals surface area contributed by atoms with Gasteiger partial charge >= 0.3 is 5.97 Å². The average Bonchev–Trinajstić information content (AvgIpc) is 2.45. The van der Waals surface area contributed by atoms with Crippen LogP contribution in [-0.2, 0) is 20.7 Å². The van der Waals surface area contributed by atoms with Crippen molar-refractivity contribution < 1.29 is 36.3 Å². The summed E-state index contributed by atoms with van der Waals surface area (Å²) in [7, 11) is 0.897. The predicted molar refractivity (Wildman–Crippen MR) is 53.9 cm³/mol. The fraction of sp³-hybridized carbons (Fsp3) is 0.273. The van der Waals surface area contributed by atoms with Gasteiger partial charge < -0.3 is 4.74 Å². The van der Waals surface area contributed by atoms with Crippen molar-refractivity contribution in [3.8, 4) is 0 Å². The zero-order valence-electron chi connectivity index (χ0n) is 9.85. The Hall–Kier alpha value is -2.28. The fourth-order valence-electron chi connectivity index (χ4n) is 1.40. The summed E-state index contributed by atoms with van der Waals surface area (Å²) in [6, 6.07) is -1.76. The maximum Gasteiger partial charge on any atom is 0.331 e. The van der Waals surface area contributed by atoms with E-state index in [0.29, 0.717) is 0 Å². The normalized spacial score (nSPS) is 11.7. The quantitative estimate of drug-likeness (QED) is 0.212. The Morgan fingerprint density at radius 1 is 1.10 bits per heavy atom. The zero-order chi connectivity index (χ0) is 15.4. The number of rotatable bonds is 4. The van der Waals surface area contributed by atoms with Gasteiger partial charge in [0.05, 0.1) is 7.11 Å². The first-order valence-electron chi connectivity index (χ1n) is 5.00. The van der Waals surface area contributed by atoms with E-state index in [9.17, 15) is 31.5 Å². The maximum absolute atomic E-state index is 13.4. The number of hydrogen-bond acceptors (Lipinski definition) is 4. The van der Waals surface area contributed by atoms with E-state index in [2.05, 4.69) is 9.73 Å². The molecule has 0 aliphatic carbocycles. The number of benzene rings is 1. The van der Waals surface area contributed by atoms with Crippen LogP contribution in [-0.4, -0.2) is 25.2 Å². The molecule has 0 radical (unpaired) electrons. The lowest BCUT2D eigenvalue weighted by Gasteiger charge is -2.11. The Labute approximate surface area is 108 Å². The number of aliphatic imine (C=N–C) groups is 1. The number of carbonyl (C=O) groups is 1. The topological polar surface area (TPSA) is 55.7 Å². The van der Waals surface area contributed by atoms with Gasteiger partial charge in [0.15, 0.2) is 29.3 Å². The highest BCUT2D eigenvalue weighted by molar-refractivity contribution is 5.77. The molecule has 0 fully saturated rings. The van der Waals surface area contributed by atoms with Crippen molar-refractivity contribution in [2.24, 2.45) is 4.99 Å². The van der Waals surface area contributed by atoms with Crippen molar-refractivity contribution in [2.45, 2.75) is 12.5 Å². The number of nitrogens with zero attached hydrogens (tertiary/aromatic N) is 1. The highest BCUT2D eigenvalue weighted by Gasteiger charge is 2.29. The summed E-state index contributed by atoms with van der Waals surface area (Å²) in [6.45, 7) is 0. The van der Waals surface area contributed by atoms with Crippen LogP contribution in [0.1, 0.15) is 5.56 Å². The number of carbonyl (C=O) groups excluding carboxylic acids is 2. The van der Waals surface area contributed by atoms with Crippen molar-refractivity contribution in [3.05, 3.63) is 34.6 Å². The van der Waals surface area contributed by atoms with Gasteiger partial charge in [-0.2, -0.15) is 4.99 Å². The number of halogens is 5. The minimum absolute atomic E-state index is 0.897. The molecule has 20 heavy (non-hydrogen) atoms. The first-order chi connectivity index (χ1) is 9.34. The summed E-state index contributed by atoms with van der Waals surface area (Å²) in [5.74, 6) is -12.0. The van der Waals surface area contributed by atoms with E-state index < -0.39 is 53.1 Å². The lowest BCUT2D eigenvalue weighted by Crippen LogP contribution is -2.24. The smallest absolute Gasteiger partial charge is 0.331 e. The van der Waals surface area contributed by atoms with Gasteiger partial charge in [-0.1, -0.05) is 0 Å². The first kappa shape index (κ1) is 15.8. The Morgan fingerprint density at radius 3 is 1.95 bits per heavy atom. The molecule has 9 heteroatoms. The van der Waals surface area contributed by atoms with Gasteiger partial charge in [-0.3, -0.25) is 0 Å².